The molecule has 3 N–H and O–H groups in total. The molecule has 1 aromatic rings. The van der Waals surface area contributed by atoms with E-state index >= 15 is 0 Å². The summed E-state index contributed by atoms with van der Waals surface area (Å²) in [5, 5.41) is 3.24. The Labute approximate surface area is 71.8 Å². The van der Waals surface area contributed by atoms with Gasteiger partial charge in [0, 0.05) is 31.4 Å². The Kier molecular flexibility index (Phi) is 2.10. The van der Waals surface area contributed by atoms with E-state index < -0.39 is 0 Å². The highest BCUT2D eigenvalue weighted by molar-refractivity contribution is 5.03. The molecule has 0 bridgehead atoms. The van der Waals surface area contributed by atoms with Crippen LogP contribution in [0.2, 0.25) is 0 Å². The molecule has 12 heavy (non-hydrogen) atoms. The van der Waals surface area contributed by atoms with Crippen molar-refractivity contribution in [2.75, 3.05) is 19.6 Å². The van der Waals surface area contributed by atoms with Crippen molar-refractivity contribution in [3.63, 3.8) is 0 Å². The van der Waals surface area contributed by atoms with Crippen molar-refractivity contribution < 1.29 is 0 Å². The fourth-order valence-corrected chi connectivity index (χ4v) is 1.47. The van der Waals surface area contributed by atoms with Crippen LogP contribution in [0.1, 0.15) is 11.7 Å². The monoisotopic (exact) mass is 166 g/mol. The number of nitrogens with zero attached hydrogens (tertiary/aromatic N) is 2. The van der Waals surface area contributed by atoms with Gasteiger partial charge in [0.05, 0.1) is 12.4 Å². The van der Waals surface area contributed by atoms with Gasteiger partial charge in [0.2, 0.25) is 0 Å². The Hall–Kier alpha value is -0.870. The van der Waals surface area contributed by atoms with Gasteiger partial charge in [-0.05, 0) is 6.54 Å². The van der Waals surface area contributed by atoms with Crippen molar-refractivity contribution >= 4 is 0 Å². The summed E-state index contributed by atoms with van der Waals surface area (Å²) in [6.45, 7) is 2.83. The van der Waals surface area contributed by atoms with Crippen molar-refractivity contribution in [1.29, 1.82) is 0 Å². The molecule has 4 nitrogen and oxygen atoms in total. The molecule has 0 aliphatic carbocycles. The van der Waals surface area contributed by atoms with Crippen molar-refractivity contribution in [1.82, 2.24) is 14.9 Å². The quantitative estimate of drug-likeness (QED) is 0.638. The van der Waals surface area contributed by atoms with Crippen LogP contribution in [0.3, 0.4) is 0 Å². The van der Waals surface area contributed by atoms with Gasteiger partial charge in [-0.15, -0.1) is 0 Å². The lowest BCUT2D eigenvalue weighted by Gasteiger charge is -2.29. The first-order valence-electron chi connectivity index (χ1n) is 4.33. The van der Waals surface area contributed by atoms with E-state index in [1.807, 2.05) is 12.5 Å². The molecule has 66 valence electrons. The number of rotatable bonds is 3. The van der Waals surface area contributed by atoms with Crippen LogP contribution in [0.15, 0.2) is 12.5 Å². The molecule has 0 amide bonds. The molecule has 0 radical (unpaired) electrons. The molecule has 1 aliphatic rings. The Balaban J connectivity index is 2.12. The molecule has 1 aromatic heterocycles. The van der Waals surface area contributed by atoms with Crippen LogP contribution in [-0.4, -0.2) is 29.2 Å². The Morgan fingerprint density at radius 3 is 3.08 bits per heavy atom. The smallest absolute Gasteiger partial charge is 0.0951 e. The van der Waals surface area contributed by atoms with Gasteiger partial charge in [-0.3, -0.25) is 0 Å². The number of aromatic nitrogens is 2. The van der Waals surface area contributed by atoms with Crippen LogP contribution in [-0.2, 0) is 6.42 Å². The molecule has 0 unspecified atom stereocenters. The third-order valence-electron chi connectivity index (χ3n) is 2.30. The van der Waals surface area contributed by atoms with Gasteiger partial charge in [-0.25, -0.2) is 4.98 Å². The molecule has 1 saturated heterocycles. The van der Waals surface area contributed by atoms with Gasteiger partial charge in [-0.1, -0.05) is 0 Å². The minimum absolute atomic E-state index is 0.606. The molecular formula is C8H14N4. The Morgan fingerprint density at radius 1 is 1.67 bits per heavy atom. The molecular weight excluding hydrogens is 152 g/mol. The molecule has 0 atom stereocenters. The summed E-state index contributed by atoms with van der Waals surface area (Å²) in [7, 11) is 0. The highest BCUT2D eigenvalue weighted by Crippen LogP contribution is 2.14. The zero-order valence-electron chi connectivity index (χ0n) is 7.03. The third-order valence-corrected chi connectivity index (χ3v) is 2.30. The predicted octanol–water partition coefficient (Wildman–Crippen LogP) is -0.471. The average Bonchev–Trinajstić information content (AvgIpc) is 2.35. The van der Waals surface area contributed by atoms with Gasteiger partial charge in [0.1, 0.15) is 0 Å². The Bertz CT molecular complexity index is 251. The molecule has 0 aromatic carbocycles. The van der Waals surface area contributed by atoms with E-state index in [4.69, 9.17) is 5.73 Å². The van der Waals surface area contributed by atoms with Crippen LogP contribution in [0, 0.1) is 0 Å². The van der Waals surface area contributed by atoms with Crippen molar-refractivity contribution in [3.8, 4) is 0 Å². The first kappa shape index (κ1) is 7.76. The number of hydrogen-bond acceptors (Lipinski definition) is 3. The summed E-state index contributed by atoms with van der Waals surface area (Å²) in [5.41, 5.74) is 6.75. The Morgan fingerprint density at radius 2 is 2.50 bits per heavy atom. The van der Waals surface area contributed by atoms with Gasteiger partial charge >= 0.3 is 0 Å². The van der Waals surface area contributed by atoms with E-state index in [2.05, 4.69) is 14.9 Å². The molecule has 2 heterocycles. The topological polar surface area (TPSA) is 55.9 Å². The van der Waals surface area contributed by atoms with Crippen molar-refractivity contribution in [3.05, 3.63) is 18.2 Å². The SMILES string of the molecule is NCCc1cncn1C1CNC1. The number of nitrogens with one attached hydrogen (secondary N) is 1. The van der Waals surface area contributed by atoms with Gasteiger partial charge < -0.3 is 15.6 Å². The maximum Gasteiger partial charge on any atom is 0.0951 e. The van der Waals surface area contributed by atoms with E-state index in [9.17, 15) is 0 Å². The zero-order valence-corrected chi connectivity index (χ0v) is 7.03. The lowest BCUT2D eigenvalue weighted by Crippen LogP contribution is -2.43. The maximum atomic E-state index is 5.49. The second-order valence-electron chi connectivity index (χ2n) is 3.14. The second kappa shape index (κ2) is 3.25. The molecule has 1 fully saturated rings. The summed E-state index contributed by atoms with van der Waals surface area (Å²) in [6, 6.07) is 0.606. The third kappa shape index (κ3) is 1.23. The van der Waals surface area contributed by atoms with E-state index in [0.717, 1.165) is 19.5 Å². The number of nitrogens with two attached hydrogens (primary N) is 1. The minimum atomic E-state index is 0.606. The van der Waals surface area contributed by atoms with Crippen LogP contribution in [0.5, 0.6) is 0 Å². The molecule has 1 aliphatic heterocycles. The molecule has 4 heteroatoms. The predicted molar refractivity (Wildman–Crippen MR) is 46.9 cm³/mol. The van der Waals surface area contributed by atoms with E-state index in [0.29, 0.717) is 12.6 Å². The normalized spacial score (nSPS) is 17.8. The first-order chi connectivity index (χ1) is 5.92. The van der Waals surface area contributed by atoms with Crippen molar-refractivity contribution in [2.45, 2.75) is 12.5 Å². The maximum absolute atomic E-state index is 5.49. The van der Waals surface area contributed by atoms with Gasteiger partial charge in [0.25, 0.3) is 0 Å². The van der Waals surface area contributed by atoms with Crippen LogP contribution < -0.4 is 11.1 Å². The summed E-state index contributed by atoms with van der Waals surface area (Å²) in [5.74, 6) is 0. The van der Waals surface area contributed by atoms with E-state index in [1.165, 1.54) is 5.69 Å². The molecule has 0 saturated carbocycles. The molecule has 2 rings (SSSR count). The highest BCUT2D eigenvalue weighted by Gasteiger charge is 2.19. The minimum Gasteiger partial charge on any atom is -0.330 e. The highest BCUT2D eigenvalue weighted by atomic mass is 15.2. The van der Waals surface area contributed by atoms with Crippen LogP contribution >= 0.6 is 0 Å². The standard InChI is InChI=1S/C8H14N4/c9-2-1-7-3-11-6-12(7)8-4-10-5-8/h3,6,8,10H,1-2,4-5,9H2. The second-order valence-corrected chi connectivity index (χ2v) is 3.14. The summed E-state index contributed by atoms with van der Waals surface area (Å²) >= 11 is 0. The average molecular weight is 166 g/mol. The van der Waals surface area contributed by atoms with E-state index in [-0.39, 0.29) is 0 Å². The summed E-state index contributed by atoms with van der Waals surface area (Å²) in [4.78, 5) is 4.12. The van der Waals surface area contributed by atoms with Crippen LogP contribution in [0.25, 0.3) is 0 Å². The molecule has 0 spiro atoms. The fraction of sp³-hybridized carbons (Fsp3) is 0.625. The first-order valence-corrected chi connectivity index (χ1v) is 4.33. The number of hydrogen-bond donors (Lipinski definition) is 2. The van der Waals surface area contributed by atoms with Gasteiger partial charge in [0.15, 0.2) is 0 Å². The lowest BCUT2D eigenvalue weighted by molar-refractivity contribution is 0.336. The van der Waals surface area contributed by atoms with E-state index in [1.54, 1.807) is 0 Å². The van der Waals surface area contributed by atoms with Gasteiger partial charge in [-0.2, -0.15) is 0 Å². The largest absolute Gasteiger partial charge is 0.330 e. The van der Waals surface area contributed by atoms with Crippen molar-refractivity contribution in [2.24, 2.45) is 5.73 Å². The summed E-state index contributed by atoms with van der Waals surface area (Å²) < 4.78 is 2.23. The summed E-state index contributed by atoms with van der Waals surface area (Å²) in [6.07, 6.45) is 4.73. The fourth-order valence-electron chi connectivity index (χ4n) is 1.47. The number of imidazole rings is 1. The zero-order chi connectivity index (χ0) is 8.39. The van der Waals surface area contributed by atoms with Crippen LogP contribution in [0.4, 0.5) is 0 Å². The lowest BCUT2D eigenvalue weighted by atomic mass is 10.1.